The van der Waals surface area contributed by atoms with Crippen LogP contribution in [0.3, 0.4) is 0 Å². The number of thiocarbonyl (C=S) groups is 3. The molecule has 0 atom stereocenters. The van der Waals surface area contributed by atoms with Crippen LogP contribution in [0.15, 0.2) is 71.8 Å². The van der Waals surface area contributed by atoms with Crippen molar-refractivity contribution in [2.45, 2.75) is 13.8 Å². The zero-order valence-electron chi connectivity index (χ0n) is 22.3. The van der Waals surface area contributed by atoms with Crippen LogP contribution < -0.4 is 0 Å². The number of hydrogen-bond donors (Lipinski definition) is 0. The van der Waals surface area contributed by atoms with Gasteiger partial charge in [0.25, 0.3) is 0 Å². The summed E-state index contributed by atoms with van der Waals surface area (Å²) >= 11 is 20.5. The second-order valence-corrected chi connectivity index (χ2v) is 13.8. The number of hydrogen-bond acceptors (Lipinski definition) is 8. The lowest BCUT2D eigenvalue weighted by atomic mass is 10.0. The fourth-order valence-electron chi connectivity index (χ4n) is 5.85. The molecular weight excluding hydrogens is 613 g/mol. The molecule has 0 N–H and O–H groups in total. The lowest BCUT2D eigenvalue weighted by Crippen LogP contribution is -1.98. The van der Waals surface area contributed by atoms with Crippen molar-refractivity contribution >= 4 is 123 Å². The van der Waals surface area contributed by atoms with Crippen LogP contribution in [0.4, 0.5) is 0 Å². The van der Waals surface area contributed by atoms with Crippen molar-refractivity contribution in [3.8, 4) is 0 Å². The lowest BCUT2D eigenvalue weighted by Gasteiger charge is -2.05. The van der Waals surface area contributed by atoms with Crippen LogP contribution in [-0.2, 0) is 0 Å². The first-order valence-electron chi connectivity index (χ1n) is 13.2. The Bertz CT molecular complexity index is 2110. The van der Waals surface area contributed by atoms with Crippen molar-refractivity contribution < 1.29 is 4.79 Å². The number of allylic oxidation sites excluding steroid dienone is 2. The van der Waals surface area contributed by atoms with Gasteiger partial charge in [-0.25, -0.2) is 9.97 Å². The van der Waals surface area contributed by atoms with E-state index in [1.807, 2.05) is 60.7 Å². The van der Waals surface area contributed by atoms with Crippen LogP contribution in [0, 0.1) is 13.8 Å². The summed E-state index contributed by atoms with van der Waals surface area (Å²) in [7, 11) is 0. The van der Waals surface area contributed by atoms with E-state index in [0.29, 0.717) is 16.0 Å². The fourth-order valence-corrected chi connectivity index (χ4v) is 9.13. The largest absolute Gasteiger partial charge is 0.289 e. The molecule has 3 nitrogen and oxygen atoms in total. The van der Waals surface area contributed by atoms with Gasteiger partial charge in [-0.2, -0.15) is 0 Å². The highest BCUT2D eigenvalue weighted by molar-refractivity contribution is 7.84. The van der Waals surface area contributed by atoms with Gasteiger partial charge in [0.1, 0.15) is 10.0 Å². The zero-order valence-corrected chi connectivity index (χ0v) is 26.4. The van der Waals surface area contributed by atoms with Crippen LogP contribution in [0.1, 0.15) is 48.2 Å². The van der Waals surface area contributed by atoms with E-state index in [1.54, 1.807) is 22.7 Å². The predicted molar refractivity (Wildman–Crippen MR) is 188 cm³/mol. The Labute approximate surface area is 265 Å². The van der Waals surface area contributed by atoms with Gasteiger partial charge in [-0.05, 0) is 49.3 Å². The van der Waals surface area contributed by atoms with Gasteiger partial charge < -0.3 is 0 Å². The smallest absolute Gasteiger partial charge is 0.195 e. The maximum Gasteiger partial charge on any atom is 0.195 e. The summed E-state index contributed by atoms with van der Waals surface area (Å²) in [6, 6.07) is 20.0. The number of Topliss-reactive ketones (excluding diaryl/α,β-unsaturated/α-hetero) is 1. The number of aryl methyl sites for hydroxylation is 2. The predicted octanol–water partition coefficient (Wildman–Crippen LogP) is 9.21. The van der Waals surface area contributed by atoms with E-state index < -0.39 is 0 Å². The van der Waals surface area contributed by atoms with Crippen molar-refractivity contribution in [1.29, 1.82) is 0 Å². The van der Waals surface area contributed by atoms with E-state index in [0.717, 1.165) is 84.3 Å². The number of carbonyl (C=O) groups excluding carboxylic acids is 1. The van der Waals surface area contributed by atoms with E-state index in [2.05, 4.69) is 26.0 Å². The molecule has 0 spiro atoms. The Kier molecular flexibility index (Phi) is 5.83. The number of ketones is 1. The molecule has 0 saturated carbocycles. The van der Waals surface area contributed by atoms with Crippen LogP contribution in [0.25, 0.3) is 43.4 Å². The number of aromatic nitrogens is 2. The lowest BCUT2D eigenvalue weighted by molar-refractivity contribution is 0.104. The van der Waals surface area contributed by atoms with Crippen molar-refractivity contribution in [2.75, 3.05) is 0 Å². The van der Waals surface area contributed by atoms with Crippen molar-refractivity contribution in [3.05, 3.63) is 115 Å². The third-order valence-corrected chi connectivity index (χ3v) is 11.3. The maximum atomic E-state index is 13.1. The summed E-state index contributed by atoms with van der Waals surface area (Å²) < 4.78 is 2.22. The Morgan fingerprint density at radius 2 is 1.02 bits per heavy atom. The van der Waals surface area contributed by atoms with Crippen LogP contribution in [0.2, 0.25) is 0 Å². The molecule has 4 aromatic carbocycles. The zero-order chi connectivity index (χ0) is 28.9. The molecule has 0 unspecified atom stereocenters. The molecule has 2 aliphatic rings. The van der Waals surface area contributed by atoms with E-state index in [4.69, 9.17) is 46.6 Å². The molecule has 0 fully saturated rings. The standard InChI is InChI=1S/C34H18N2OS5/c1-15-11-22-21(33-27(15)35-25(41-33)13-23-29(37)17-7-3-4-8-18(17)30(23)38)12-16(2)28-34(22)42-26(36-28)14-24-31(39)19-9-5-6-10-20(19)32(24)40/h3-14H,1-2H3/b23-13-. The van der Waals surface area contributed by atoms with Gasteiger partial charge in [0.2, 0.25) is 0 Å². The first kappa shape index (κ1) is 26.0. The number of rotatable bonds is 2. The summed E-state index contributed by atoms with van der Waals surface area (Å²) in [5, 5.41) is 3.93. The van der Waals surface area contributed by atoms with E-state index in [9.17, 15) is 4.79 Å². The second-order valence-electron chi connectivity index (χ2n) is 10.5. The molecule has 0 saturated heterocycles. The summed E-state index contributed by atoms with van der Waals surface area (Å²) in [6.45, 7) is 4.18. The number of thiazole rings is 2. The summed E-state index contributed by atoms with van der Waals surface area (Å²) in [6.07, 6.45) is 3.90. The number of carbonyl (C=O) groups is 1. The van der Waals surface area contributed by atoms with E-state index >= 15 is 0 Å². The molecular formula is C34H18N2OS5. The fraction of sp³-hybridized carbons (Fsp3) is 0.0588. The van der Waals surface area contributed by atoms with Crippen LogP contribution >= 0.6 is 59.3 Å². The first-order chi connectivity index (χ1) is 20.3. The quantitative estimate of drug-likeness (QED) is 0.140. The summed E-state index contributed by atoms with van der Waals surface area (Å²) in [5.41, 5.74) is 9.05. The van der Waals surface area contributed by atoms with Crippen molar-refractivity contribution in [3.63, 3.8) is 0 Å². The Morgan fingerprint density at radius 1 is 0.619 bits per heavy atom. The molecule has 8 heteroatoms. The average molecular weight is 631 g/mol. The van der Waals surface area contributed by atoms with Crippen molar-refractivity contribution in [1.82, 2.24) is 9.97 Å². The average Bonchev–Trinajstić information content (AvgIpc) is 3.73. The van der Waals surface area contributed by atoms with Crippen LogP contribution in [0.5, 0.6) is 0 Å². The monoisotopic (exact) mass is 630 g/mol. The Balaban J connectivity index is 1.26. The highest BCUT2D eigenvalue weighted by Gasteiger charge is 2.30. The summed E-state index contributed by atoms with van der Waals surface area (Å²) in [4.78, 5) is 25.3. The highest BCUT2D eigenvalue weighted by Crippen LogP contribution is 2.41. The second kappa shape index (κ2) is 9.42. The molecule has 42 heavy (non-hydrogen) atoms. The first-order valence-corrected chi connectivity index (χ1v) is 16.1. The minimum absolute atomic E-state index is 0.0374. The molecule has 2 aliphatic carbocycles. The van der Waals surface area contributed by atoms with E-state index in [-0.39, 0.29) is 5.78 Å². The van der Waals surface area contributed by atoms with Gasteiger partial charge in [-0.15, -0.1) is 22.7 Å². The minimum Gasteiger partial charge on any atom is -0.289 e. The number of benzene rings is 4. The van der Waals surface area contributed by atoms with Gasteiger partial charge >= 0.3 is 0 Å². The van der Waals surface area contributed by atoms with Gasteiger partial charge in [-0.3, -0.25) is 4.79 Å². The topological polar surface area (TPSA) is 42.9 Å². The number of nitrogens with zero attached hydrogens (tertiary/aromatic N) is 2. The third kappa shape index (κ3) is 3.73. The maximum absolute atomic E-state index is 13.1. The highest BCUT2D eigenvalue weighted by atomic mass is 32.1. The van der Waals surface area contributed by atoms with Gasteiger partial charge in [-0.1, -0.05) is 85.2 Å². The molecule has 200 valence electrons. The number of fused-ring (bicyclic) bond motifs is 7. The molecule has 0 amide bonds. The van der Waals surface area contributed by atoms with Gasteiger partial charge in [0, 0.05) is 44.2 Å². The molecule has 0 bridgehead atoms. The van der Waals surface area contributed by atoms with Crippen molar-refractivity contribution in [2.24, 2.45) is 0 Å². The third-order valence-electron chi connectivity index (χ3n) is 7.88. The molecule has 6 aromatic rings. The Morgan fingerprint density at radius 3 is 1.50 bits per heavy atom. The normalized spacial score (nSPS) is 15.6. The SMILES string of the molecule is Cc1cc2c(cc(C)c3nc(/C=C4/C(=O)c5ccccc5C4=S)sc32)c2sc(C=C3C(=S)c4ccccc4C3=S)nc12. The van der Waals surface area contributed by atoms with E-state index in [1.165, 1.54) is 0 Å². The minimum atomic E-state index is -0.0374. The molecule has 8 rings (SSSR count). The van der Waals surface area contributed by atoms with Crippen LogP contribution in [-0.4, -0.2) is 30.3 Å². The van der Waals surface area contributed by atoms with Gasteiger partial charge in [0.05, 0.1) is 35.0 Å². The summed E-state index contributed by atoms with van der Waals surface area (Å²) in [5.74, 6) is -0.0374. The molecule has 0 radical (unpaired) electrons. The molecule has 0 aliphatic heterocycles. The molecule has 2 heterocycles. The van der Waals surface area contributed by atoms with Gasteiger partial charge in [0.15, 0.2) is 5.78 Å². The molecule has 2 aromatic heterocycles. The Hall–Kier alpha value is -3.66.